The van der Waals surface area contributed by atoms with Crippen molar-refractivity contribution in [3.63, 3.8) is 0 Å². The van der Waals surface area contributed by atoms with Gasteiger partial charge in [-0.1, -0.05) is 20.8 Å². The van der Waals surface area contributed by atoms with Crippen LogP contribution in [0.25, 0.3) is 0 Å². The molecule has 0 spiro atoms. The normalized spacial score (nSPS) is 13.7. The topological polar surface area (TPSA) is 45.1 Å². The minimum atomic E-state index is 0.141. The fraction of sp³-hybridized carbons (Fsp3) is 0.615. The molecule has 0 aliphatic rings. The Balaban J connectivity index is 2.58. The zero-order valence-corrected chi connectivity index (χ0v) is 12.3. The van der Waals surface area contributed by atoms with E-state index in [4.69, 9.17) is 5.11 Å². The highest BCUT2D eigenvalue weighted by Gasteiger charge is 2.23. The minimum Gasteiger partial charge on any atom is -0.396 e. The molecule has 0 bridgehead atoms. The van der Waals surface area contributed by atoms with E-state index in [-0.39, 0.29) is 12.0 Å². The maximum Gasteiger partial charge on any atom is 0.0446 e. The summed E-state index contributed by atoms with van der Waals surface area (Å²) in [5.41, 5.74) is 1.29. The first-order valence-corrected chi connectivity index (χ1v) is 6.66. The zero-order valence-electron chi connectivity index (χ0n) is 10.7. The van der Waals surface area contributed by atoms with Crippen LogP contribution in [-0.4, -0.2) is 22.7 Å². The number of halogens is 1. The van der Waals surface area contributed by atoms with E-state index in [0.717, 1.165) is 23.0 Å². The predicted octanol–water partition coefficient (Wildman–Crippen LogP) is 2.73. The summed E-state index contributed by atoms with van der Waals surface area (Å²) in [6.45, 7) is 7.53. The highest BCUT2D eigenvalue weighted by molar-refractivity contribution is 9.10. The maximum atomic E-state index is 9.08. The van der Waals surface area contributed by atoms with Gasteiger partial charge >= 0.3 is 0 Å². The van der Waals surface area contributed by atoms with Crippen LogP contribution in [0.5, 0.6) is 0 Å². The molecule has 3 nitrogen and oxygen atoms in total. The van der Waals surface area contributed by atoms with Crippen molar-refractivity contribution in [2.45, 2.75) is 39.8 Å². The lowest BCUT2D eigenvalue weighted by atomic mass is 9.85. The van der Waals surface area contributed by atoms with Gasteiger partial charge in [0, 0.05) is 36.1 Å². The lowest BCUT2D eigenvalue weighted by Crippen LogP contribution is -2.40. The minimum absolute atomic E-state index is 0.141. The van der Waals surface area contributed by atoms with Crippen LogP contribution < -0.4 is 5.32 Å². The number of hydrogen-bond acceptors (Lipinski definition) is 3. The van der Waals surface area contributed by atoms with Gasteiger partial charge in [0.1, 0.15) is 0 Å². The number of nitrogens with zero attached hydrogens (tertiary/aromatic N) is 1. The lowest BCUT2D eigenvalue weighted by Gasteiger charge is -2.31. The monoisotopic (exact) mass is 300 g/mol. The molecule has 1 aromatic rings. The van der Waals surface area contributed by atoms with Crippen LogP contribution in [0.3, 0.4) is 0 Å². The highest BCUT2D eigenvalue weighted by Crippen LogP contribution is 2.22. The van der Waals surface area contributed by atoms with Crippen molar-refractivity contribution in [2.75, 3.05) is 6.61 Å². The second-order valence-corrected chi connectivity index (χ2v) is 6.24. The number of hydrogen-bond donors (Lipinski definition) is 2. The first-order chi connectivity index (χ1) is 7.93. The molecule has 1 aromatic heterocycles. The summed E-state index contributed by atoms with van der Waals surface area (Å²) in [4.78, 5) is 4.13. The van der Waals surface area contributed by atoms with Gasteiger partial charge in [0.05, 0.1) is 0 Å². The van der Waals surface area contributed by atoms with E-state index in [1.165, 1.54) is 0 Å². The van der Waals surface area contributed by atoms with E-state index in [1.807, 2.05) is 6.20 Å². The molecule has 0 saturated heterocycles. The number of aliphatic hydroxyl groups excluding tert-OH is 1. The third-order valence-electron chi connectivity index (χ3n) is 2.78. The number of rotatable bonds is 5. The molecule has 1 heterocycles. The van der Waals surface area contributed by atoms with Gasteiger partial charge in [-0.05, 0) is 39.4 Å². The average molecular weight is 301 g/mol. The first-order valence-electron chi connectivity index (χ1n) is 5.87. The molecule has 96 valence electrons. The van der Waals surface area contributed by atoms with Gasteiger partial charge in [-0.2, -0.15) is 0 Å². The largest absolute Gasteiger partial charge is 0.396 e. The van der Waals surface area contributed by atoms with Crippen molar-refractivity contribution in [2.24, 2.45) is 5.41 Å². The van der Waals surface area contributed by atoms with Gasteiger partial charge in [0.15, 0.2) is 0 Å². The molecule has 1 rings (SSSR count). The third-order valence-corrected chi connectivity index (χ3v) is 3.21. The van der Waals surface area contributed by atoms with Gasteiger partial charge in [-0.25, -0.2) is 0 Å². The summed E-state index contributed by atoms with van der Waals surface area (Å²) in [6.07, 6.45) is 4.40. The highest BCUT2D eigenvalue weighted by atomic mass is 79.9. The summed E-state index contributed by atoms with van der Waals surface area (Å²) >= 11 is 3.41. The molecule has 0 saturated carbocycles. The summed E-state index contributed by atoms with van der Waals surface area (Å²) < 4.78 is 0.992. The number of nitrogens with one attached hydrogen (secondary N) is 1. The van der Waals surface area contributed by atoms with Crippen LogP contribution in [0.2, 0.25) is 0 Å². The molecular weight excluding hydrogens is 280 g/mol. The van der Waals surface area contributed by atoms with E-state index in [0.29, 0.717) is 6.04 Å². The van der Waals surface area contributed by atoms with Crippen LogP contribution in [0.15, 0.2) is 22.9 Å². The Labute approximate surface area is 112 Å². The van der Waals surface area contributed by atoms with Crippen molar-refractivity contribution in [1.29, 1.82) is 0 Å². The standard InChI is InChI=1S/C13H21BrN2O/c1-13(2,3)12(4-5-17)16-8-10-6-11(14)9-15-7-10/h6-7,9,12,16-17H,4-5,8H2,1-3H3. The van der Waals surface area contributed by atoms with Gasteiger partial charge in [0.2, 0.25) is 0 Å². The van der Waals surface area contributed by atoms with Crippen molar-refractivity contribution < 1.29 is 5.11 Å². The molecule has 0 aliphatic heterocycles. The molecule has 1 atom stereocenters. The molecule has 0 radical (unpaired) electrons. The Morgan fingerprint density at radius 3 is 2.65 bits per heavy atom. The van der Waals surface area contributed by atoms with Crippen LogP contribution in [0.4, 0.5) is 0 Å². The molecular formula is C13H21BrN2O. The number of aromatic nitrogens is 1. The Morgan fingerprint density at radius 1 is 1.41 bits per heavy atom. The molecule has 4 heteroatoms. The van der Waals surface area contributed by atoms with E-state index in [2.05, 4.69) is 53.1 Å². The van der Waals surface area contributed by atoms with Crippen LogP contribution in [0, 0.1) is 5.41 Å². The number of pyridine rings is 1. The molecule has 1 unspecified atom stereocenters. The van der Waals surface area contributed by atoms with Crippen molar-refractivity contribution in [3.05, 3.63) is 28.5 Å². The van der Waals surface area contributed by atoms with Crippen LogP contribution in [0.1, 0.15) is 32.8 Å². The van der Waals surface area contributed by atoms with Crippen LogP contribution >= 0.6 is 15.9 Å². The Morgan fingerprint density at radius 2 is 2.12 bits per heavy atom. The maximum absolute atomic E-state index is 9.08. The molecule has 0 aromatic carbocycles. The van der Waals surface area contributed by atoms with Crippen molar-refractivity contribution in [1.82, 2.24) is 10.3 Å². The quantitative estimate of drug-likeness (QED) is 0.879. The second-order valence-electron chi connectivity index (χ2n) is 5.32. The molecule has 0 fully saturated rings. The zero-order chi connectivity index (χ0) is 12.9. The molecule has 17 heavy (non-hydrogen) atoms. The van der Waals surface area contributed by atoms with Gasteiger partial charge in [-0.15, -0.1) is 0 Å². The van der Waals surface area contributed by atoms with E-state index in [9.17, 15) is 0 Å². The van der Waals surface area contributed by atoms with E-state index >= 15 is 0 Å². The Hall–Kier alpha value is -0.450. The summed E-state index contributed by atoms with van der Waals surface area (Å²) in [5, 5.41) is 12.6. The fourth-order valence-electron chi connectivity index (χ4n) is 1.76. The predicted molar refractivity (Wildman–Crippen MR) is 73.7 cm³/mol. The summed E-state index contributed by atoms with van der Waals surface area (Å²) in [5.74, 6) is 0. The first kappa shape index (κ1) is 14.6. The Bertz CT molecular complexity index is 350. The van der Waals surface area contributed by atoms with Gasteiger partial charge in [0.25, 0.3) is 0 Å². The smallest absolute Gasteiger partial charge is 0.0446 e. The van der Waals surface area contributed by atoms with E-state index < -0.39 is 0 Å². The number of aliphatic hydroxyl groups is 1. The molecule has 0 amide bonds. The van der Waals surface area contributed by atoms with Gasteiger partial charge < -0.3 is 10.4 Å². The lowest BCUT2D eigenvalue weighted by molar-refractivity contribution is 0.196. The molecule has 0 aliphatic carbocycles. The third kappa shape index (κ3) is 5.15. The fourth-order valence-corrected chi connectivity index (χ4v) is 2.18. The summed E-state index contributed by atoms with van der Waals surface area (Å²) in [7, 11) is 0. The van der Waals surface area contributed by atoms with Crippen molar-refractivity contribution >= 4 is 15.9 Å². The van der Waals surface area contributed by atoms with Crippen molar-refractivity contribution in [3.8, 4) is 0 Å². The Kier molecular flexibility index (Phi) is 5.56. The summed E-state index contributed by atoms with van der Waals surface area (Å²) in [6, 6.07) is 2.35. The van der Waals surface area contributed by atoms with Crippen LogP contribution in [-0.2, 0) is 6.54 Å². The average Bonchev–Trinajstić information content (AvgIpc) is 2.22. The SMILES string of the molecule is CC(C)(C)C(CCO)NCc1cncc(Br)c1. The molecule has 2 N–H and O–H groups in total. The van der Waals surface area contributed by atoms with Gasteiger partial charge in [-0.3, -0.25) is 4.98 Å². The second kappa shape index (κ2) is 6.47. The van der Waals surface area contributed by atoms with E-state index in [1.54, 1.807) is 6.20 Å².